The second kappa shape index (κ2) is 6.93. The van der Waals surface area contributed by atoms with Crippen LogP contribution in [-0.2, 0) is 20.1 Å². The van der Waals surface area contributed by atoms with Gasteiger partial charge in [0.15, 0.2) is 11.6 Å². The maximum Gasteiger partial charge on any atom is 0.339 e. The van der Waals surface area contributed by atoms with Crippen molar-refractivity contribution >= 4 is 20.1 Å². The molecule has 1 heterocycles. The molecule has 2 aromatic carbocycles. The third-order valence-electron chi connectivity index (χ3n) is 3.91. The van der Waals surface area contributed by atoms with Crippen molar-refractivity contribution in [1.82, 2.24) is 4.31 Å². The van der Waals surface area contributed by atoms with Gasteiger partial charge in [0, 0.05) is 19.2 Å². The molecule has 0 saturated carbocycles. The number of benzene rings is 2. The predicted molar refractivity (Wildman–Crippen MR) is 88.6 cm³/mol. The van der Waals surface area contributed by atoms with Gasteiger partial charge in [-0.3, -0.25) is 0 Å². The summed E-state index contributed by atoms with van der Waals surface area (Å²) in [5.74, 6) is -2.77. The second-order valence-electron chi connectivity index (χ2n) is 5.70. The van der Waals surface area contributed by atoms with Gasteiger partial charge in [-0.2, -0.15) is 12.7 Å². The predicted octanol–water partition coefficient (Wildman–Crippen LogP) is 2.52. The standard InChI is InChI=1S/C16H15F2NO5S2/c17-15-8-3-12(11-16(15)18)24-26(22,23)14-6-4-13(5-7-14)25(20,21)19-9-1-2-10-19/h3-8,11H,1-2,9-10H2. The first-order chi connectivity index (χ1) is 12.2. The molecular weight excluding hydrogens is 388 g/mol. The molecule has 1 aliphatic heterocycles. The SMILES string of the molecule is O=S(=O)(Oc1ccc(F)c(F)c1)c1ccc(S(=O)(=O)N2CCCC2)cc1. The van der Waals surface area contributed by atoms with Crippen LogP contribution < -0.4 is 4.18 Å². The van der Waals surface area contributed by atoms with E-state index in [1.54, 1.807) is 0 Å². The Morgan fingerprint density at radius 1 is 0.808 bits per heavy atom. The molecule has 2 aromatic rings. The highest BCUT2D eigenvalue weighted by Gasteiger charge is 2.27. The van der Waals surface area contributed by atoms with E-state index in [1.165, 1.54) is 16.4 Å². The van der Waals surface area contributed by atoms with Crippen LogP contribution in [0.1, 0.15) is 12.8 Å². The molecule has 26 heavy (non-hydrogen) atoms. The number of sulfonamides is 1. The topological polar surface area (TPSA) is 80.8 Å². The zero-order chi connectivity index (χ0) is 18.9. The second-order valence-corrected chi connectivity index (χ2v) is 9.18. The van der Waals surface area contributed by atoms with Crippen LogP contribution in [0.25, 0.3) is 0 Å². The lowest BCUT2D eigenvalue weighted by Gasteiger charge is -2.15. The van der Waals surface area contributed by atoms with Crippen molar-refractivity contribution < 1.29 is 29.8 Å². The molecule has 1 fully saturated rings. The quantitative estimate of drug-likeness (QED) is 0.717. The normalized spacial score (nSPS) is 15.9. The Labute approximate surface area is 150 Å². The van der Waals surface area contributed by atoms with Crippen molar-refractivity contribution in [1.29, 1.82) is 0 Å². The van der Waals surface area contributed by atoms with Crippen LogP contribution in [0.15, 0.2) is 52.3 Å². The van der Waals surface area contributed by atoms with Crippen molar-refractivity contribution in [3.05, 3.63) is 54.1 Å². The molecule has 0 N–H and O–H groups in total. The summed E-state index contributed by atoms with van der Waals surface area (Å²) in [6, 6.07) is 6.87. The Morgan fingerprint density at radius 2 is 1.38 bits per heavy atom. The summed E-state index contributed by atoms with van der Waals surface area (Å²) in [6.45, 7) is 0.864. The van der Waals surface area contributed by atoms with E-state index in [9.17, 15) is 25.6 Å². The largest absolute Gasteiger partial charge is 0.379 e. The minimum Gasteiger partial charge on any atom is -0.379 e. The van der Waals surface area contributed by atoms with Gasteiger partial charge in [-0.1, -0.05) is 0 Å². The molecule has 0 spiro atoms. The molecule has 0 aliphatic carbocycles. The summed E-state index contributed by atoms with van der Waals surface area (Å²) in [4.78, 5) is -0.325. The molecule has 140 valence electrons. The molecule has 0 bridgehead atoms. The fourth-order valence-corrected chi connectivity index (χ4v) is 5.00. The van der Waals surface area contributed by atoms with Crippen LogP contribution in [-0.4, -0.2) is 34.2 Å². The van der Waals surface area contributed by atoms with Crippen LogP contribution in [0.2, 0.25) is 0 Å². The highest BCUT2D eigenvalue weighted by Crippen LogP contribution is 2.24. The highest BCUT2D eigenvalue weighted by atomic mass is 32.2. The molecule has 6 nitrogen and oxygen atoms in total. The van der Waals surface area contributed by atoms with E-state index < -0.39 is 37.5 Å². The Bertz CT molecular complexity index is 1020. The third kappa shape index (κ3) is 3.71. The Morgan fingerprint density at radius 3 is 1.96 bits per heavy atom. The average Bonchev–Trinajstić information content (AvgIpc) is 3.13. The highest BCUT2D eigenvalue weighted by molar-refractivity contribution is 7.89. The molecule has 0 unspecified atom stereocenters. The number of halogens is 2. The summed E-state index contributed by atoms with van der Waals surface area (Å²) >= 11 is 0. The molecule has 1 aliphatic rings. The first-order valence-electron chi connectivity index (χ1n) is 7.70. The molecule has 3 rings (SSSR count). The van der Waals surface area contributed by atoms with Crippen LogP contribution in [0.5, 0.6) is 5.75 Å². The summed E-state index contributed by atoms with van der Waals surface area (Å²) in [5.41, 5.74) is 0. The zero-order valence-corrected chi connectivity index (χ0v) is 15.1. The minimum absolute atomic E-state index is 0.0221. The van der Waals surface area contributed by atoms with Crippen LogP contribution in [0.3, 0.4) is 0 Å². The van der Waals surface area contributed by atoms with E-state index in [4.69, 9.17) is 4.18 Å². The van der Waals surface area contributed by atoms with Gasteiger partial charge in [-0.15, -0.1) is 0 Å². The van der Waals surface area contributed by atoms with Crippen LogP contribution in [0.4, 0.5) is 8.78 Å². The average molecular weight is 403 g/mol. The fourth-order valence-electron chi connectivity index (χ4n) is 2.56. The number of nitrogens with zero attached hydrogens (tertiary/aromatic N) is 1. The fraction of sp³-hybridized carbons (Fsp3) is 0.250. The monoisotopic (exact) mass is 403 g/mol. The number of hydrogen-bond donors (Lipinski definition) is 0. The van der Waals surface area contributed by atoms with Gasteiger partial charge in [-0.05, 0) is 49.2 Å². The van der Waals surface area contributed by atoms with E-state index in [-0.39, 0.29) is 9.79 Å². The lowest BCUT2D eigenvalue weighted by atomic mass is 10.3. The Kier molecular flexibility index (Phi) is 5.00. The maximum absolute atomic E-state index is 13.2. The van der Waals surface area contributed by atoms with Crippen molar-refractivity contribution in [2.24, 2.45) is 0 Å². The van der Waals surface area contributed by atoms with Crippen molar-refractivity contribution in [2.45, 2.75) is 22.6 Å². The molecule has 0 radical (unpaired) electrons. The molecule has 0 aromatic heterocycles. The summed E-state index contributed by atoms with van der Waals surface area (Å²) in [6.07, 6.45) is 1.57. The van der Waals surface area contributed by atoms with Crippen LogP contribution in [0, 0.1) is 11.6 Å². The lowest BCUT2D eigenvalue weighted by Crippen LogP contribution is -2.27. The molecule has 0 atom stereocenters. The first-order valence-corrected chi connectivity index (χ1v) is 10.5. The van der Waals surface area contributed by atoms with Gasteiger partial charge in [0.05, 0.1) is 4.90 Å². The number of rotatable bonds is 5. The van der Waals surface area contributed by atoms with E-state index in [1.807, 2.05) is 0 Å². The molecule has 1 saturated heterocycles. The van der Waals surface area contributed by atoms with Gasteiger partial charge in [-0.25, -0.2) is 17.2 Å². The summed E-state index contributed by atoms with van der Waals surface area (Å²) in [7, 11) is -7.99. The van der Waals surface area contributed by atoms with E-state index in [0.717, 1.165) is 37.1 Å². The smallest absolute Gasteiger partial charge is 0.339 e. The zero-order valence-electron chi connectivity index (χ0n) is 13.4. The van der Waals surface area contributed by atoms with E-state index >= 15 is 0 Å². The molecule has 0 amide bonds. The van der Waals surface area contributed by atoms with Gasteiger partial charge >= 0.3 is 10.1 Å². The van der Waals surface area contributed by atoms with Crippen LogP contribution >= 0.6 is 0 Å². The van der Waals surface area contributed by atoms with Crippen molar-refractivity contribution in [2.75, 3.05) is 13.1 Å². The minimum atomic E-state index is -4.32. The maximum atomic E-state index is 13.2. The van der Waals surface area contributed by atoms with Gasteiger partial charge < -0.3 is 4.18 Å². The van der Waals surface area contributed by atoms with Gasteiger partial charge in [0.1, 0.15) is 10.6 Å². The number of hydrogen-bond acceptors (Lipinski definition) is 5. The van der Waals surface area contributed by atoms with Gasteiger partial charge in [0.25, 0.3) is 0 Å². The first kappa shape index (κ1) is 18.7. The summed E-state index contributed by atoms with van der Waals surface area (Å²) < 4.78 is 81.4. The lowest BCUT2D eigenvalue weighted by molar-refractivity contribution is 0.471. The van der Waals surface area contributed by atoms with Crippen molar-refractivity contribution in [3.63, 3.8) is 0 Å². The van der Waals surface area contributed by atoms with Crippen molar-refractivity contribution in [3.8, 4) is 5.75 Å². The van der Waals surface area contributed by atoms with E-state index in [2.05, 4.69) is 0 Å². The Hall–Kier alpha value is -2.04. The Balaban J connectivity index is 1.83. The molecule has 10 heteroatoms. The third-order valence-corrected chi connectivity index (χ3v) is 7.09. The van der Waals surface area contributed by atoms with E-state index in [0.29, 0.717) is 19.2 Å². The van der Waals surface area contributed by atoms with Gasteiger partial charge in [0.2, 0.25) is 10.0 Å². The summed E-state index contributed by atoms with van der Waals surface area (Å²) in [5, 5.41) is 0. The molecular formula is C16H15F2NO5S2.